The molecule has 0 aliphatic carbocycles. The second kappa shape index (κ2) is 37.3. The highest BCUT2D eigenvalue weighted by atomic mass is 31.2. The highest BCUT2D eigenvalue weighted by Gasteiger charge is 2.21. The van der Waals surface area contributed by atoms with Gasteiger partial charge in [-0.05, 0) is 77.0 Å². The van der Waals surface area contributed by atoms with Gasteiger partial charge in [0.25, 0.3) is 7.82 Å². The lowest BCUT2D eigenvalue weighted by atomic mass is 10.1. The van der Waals surface area contributed by atoms with Crippen LogP contribution in [-0.2, 0) is 32.7 Å². The van der Waals surface area contributed by atoms with Gasteiger partial charge >= 0.3 is 11.9 Å². The number of phosphoric acid groups is 1. The molecule has 0 fully saturated rings. The zero-order chi connectivity index (χ0) is 40.7. The van der Waals surface area contributed by atoms with Crippen molar-refractivity contribution < 1.29 is 42.1 Å². The van der Waals surface area contributed by atoms with Crippen LogP contribution >= 0.6 is 7.82 Å². The van der Waals surface area contributed by atoms with E-state index >= 15 is 0 Å². The largest absolute Gasteiger partial charge is 0.756 e. The van der Waals surface area contributed by atoms with Crippen LogP contribution < -0.4 is 4.89 Å². The van der Waals surface area contributed by atoms with E-state index in [0.29, 0.717) is 23.9 Å². The number of hydrogen-bond acceptors (Lipinski definition) is 8. The van der Waals surface area contributed by atoms with Gasteiger partial charge in [-0.1, -0.05) is 132 Å². The number of ether oxygens (including phenoxy) is 2. The van der Waals surface area contributed by atoms with Gasteiger partial charge in [-0.25, -0.2) is 0 Å². The molecule has 0 aromatic heterocycles. The van der Waals surface area contributed by atoms with Crippen LogP contribution in [0.15, 0.2) is 60.8 Å². The van der Waals surface area contributed by atoms with E-state index in [0.717, 1.165) is 70.6 Å². The average Bonchev–Trinajstić information content (AvgIpc) is 3.13. The maximum absolute atomic E-state index is 12.6. The number of carbonyl (C=O) groups is 2. The summed E-state index contributed by atoms with van der Waals surface area (Å²) in [5.74, 6) is -0.883. The lowest BCUT2D eigenvalue weighted by Gasteiger charge is -2.28. The van der Waals surface area contributed by atoms with Gasteiger partial charge in [-0.15, -0.1) is 0 Å². The van der Waals surface area contributed by atoms with Crippen LogP contribution in [-0.4, -0.2) is 70.0 Å². The fourth-order valence-electron chi connectivity index (χ4n) is 5.40. The van der Waals surface area contributed by atoms with Crippen LogP contribution in [0.25, 0.3) is 0 Å². The number of allylic oxidation sites excluding steroid dienone is 10. The number of phosphoric ester groups is 1. The topological polar surface area (TPSA) is 111 Å². The molecule has 0 bridgehead atoms. The second-order valence-corrected chi connectivity index (χ2v) is 16.7. The van der Waals surface area contributed by atoms with Crippen molar-refractivity contribution in [2.24, 2.45) is 0 Å². The molecule has 10 heteroatoms. The van der Waals surface area contributed by atoms with E-state index in [-0.39, 0.29) is 26.1 Å². The van der Waals surface area contributed by atoms with Gasteiger partial charge in [0.05, 0.1) is 27.7 Å². The summed E-state index contributed by atoms with van der Waals surface area (Å²) in [6.45, 7) is 4.03. The Morgan fingerprint density at radius 2 is 1.04 bits per heavy atom. The number of likely N-dealkylation sites (N-methyl/N-ethyl adjacent to an activating group) is 1. The number of unbranched alkanes of at least 4 members (excludes halogenated alkanes) is 14. The minimum Gasteiger partial charge on any atom is -0.756 e. The number of quaternary nitrogens is 1. The Labute approximate surface area is 336 Å². The molecule has 55 heavy (non-hydrogen) atoms. The van der Waals surface area contributed by atoms with Crippen molar-refractivity contribution in [3.63, 3.8) is 0 Å². The van der Waals surface area contributed by atoms with Crippen molar-refractivity contribution in [3.8, 4) is 0 Å². The van der Waals surface area contributed by atoms with E-state index in [4.69, 9.17) is 18.5 Å². The number of nitrogens with zero attached hydrogens (tertiary/aromatic N) is 1. The Balaban J connectivity index is 4.41. The normalized spacial score (nSPS) is 14.2. The third kappa shape index (κ3) is 41.2. The molecule has 0 saturated carbocycles. The van der Waals surface area contributed by atoms with Gasteiger partial charge in [0.15, 0.2) is 6.10 Å². The summed E-state index contributed by atoms with van der Waals surface area (Å²) in [5, 5.41) is 0. The number of hydrogen-bond donors (Lipinski definition) is 0. The van der Waals surface area contributed by atoms with Gasteiger partial charge in [0.2, 0.25) is 0 Å². The Hall–Kier alpha value is -2.29. The number of rotatable bonds is 38. The minimum absolute atomic E-state index is 0.0407. The van der Waals surface area contributed by atoms with Crippen molar-refractivity contribution in [1.82, 2.24) is 0 Å². The van der Waals surface area contributed by atoms with Crippen molar-refractivity contribution in [2.45, 2.75) is 168 Å². The summed E-state index contributed by atoms with van der Waals surface area (Å²) < 4.78 is 33.8. The molecule has 2 atom stereocenters. The van der Waals surface area contributed by atoms with Crippen molar-refractivity contribution >= 4 is 19.8 Å². The van der Waals surface area contributed by atoms with Crippen molar-refractivity contribution in [3.05, 3.63) is 60.8 Å². The van der Waals surface area contributed by atoms with Gasteiger partial charge in [-0.3, -0.25) is 14.2 Å². The lowest BCUT2D eigenvalue weighted by molar-refractivity contribution is -0.870. The Bertz CT molecular complexity index is 1120. The first-order valence-corrected chi connectivity index (χ1v) is 23.0. The summed E-state index contributed by atoms with van der Waals surface area (Å²) in [7, 11) is 1.13. The molecule has 0 aliphatic heterocycles. The summed E-state index contributed by atoms with van der Waals surface area (Å²) in [6, 6.07) is 0. The standard InChI is InChI=1S/C45H80NO8P/c1-6-8-10-12-14-16-18-20-21-22-23-24-26-27-29-31-33-35-37-44(47)51-41-43(42-53-55(49,50)52-40-39-46(3,4)5)54-45(48)38-36-34-32-30-28-25-19-17-15-13-11-9-7-2/h9,11,15-18,21-22,25,28,43H,6-8,10,12-14,19-20,23-24,26-27,29-42H2,1-5H3/b11-9-,17-15-,18-16-,22-21-,28-25-. The molecule has 0 amide bonds. The summed E-state index contributed by atoms with van der Waals surface area (Å²) in [4.78, 5) is 37.5. The van der Waals surface area contributed by atoms with Crippen LogP contribution in [0.1, 0.15) is 162 Å². The van der Waals surface area contributed by atoms with Crippen LogP contribution in [0.5, 0.6) is 0 Å². The number of esters is 2. The molecular weight excluding hydrogens is 713 g/mol. The van der Waals surface area contributed by atoms with Crippen LogP contribution in [0.3, 0.4) is 0 Å². The first kappa shape index (κ1) is 52.7. The summed E-state index contributed by atoms with van der Waals surface area (Å²) in [6.07, 6.45) is 43.9. The Morgan fingerprint density at radius 1 is 0.582 bits per heavy atom. The summed E-state index contributed by atoms with van der Waals surface area (Å²) >= 11 is 0. The highest BCUT2D eigenvalue weighted by molar-refractivity contribution is 7.45. The second-order valence-electron chi connectivity index (χ2n) is 15.3. The third-order valence-electron chi connectivity index (χ3n) is 8.77. The van der Waals surface area contributed by atoms with Crippen molar-refractivity contribution in [2.75, 3.05) is 47.5 Å². The zero-order valence-electron chi connectivity index (χ0n) is 35.6. The van der Waals surface area contributed by atoms with Crippen molar-refractivity contribution in [1.29, 1.82) is 0 Å². The van der Waals surface area contributed by atoms with E-state index in [1.54, 1.807) is 0 Å². The van der Waals surface area contributed by atoms with Crippen LogP contribution in [0.2, 0.25) is 0 Å². The predicted molar refractivity (Wildman–Crippen MR) is 226 cm³/mol. The molecule has 0 spiro atoms. The maximum Gasteiger partial charge on any atom is 0.306 e. The molecule has 0 heterocycles. The molecule has 9 nitrogen and oxygen atoms in total. The molecule has 0 N–H and O–H groups in total. The maximum atomic E-state index is 12.6. The fourth-order valence-corrected chi connectivity index (χ4v) is 6.13. The molecule has 0 aromatic carbocycles. The molecule has 0 aliphatic rings. The molecule has 318 valence electrons. The zero-order valence-corrected chi connectivity index (χ0v) is 36.5. The Kier molecular flexibility index (Phi) is 35.7. The summed E-state index contributed by atoms with van der Waals surface area (Å²) in [5.41, 5.74) is 0. The first-order chi connectivity index (χ1) is 26.5. The predicted octanol–water partition coefficient (Wildman–Crippen LogP) is 11.4. The lowest BCUT2D eigenvalue weighted by Crippen LogP contribution is -2.37. The molecular formula is C45H80NO8P. The van der Waals surface area contributed by atoms with E-state index in [2.05, 4.69) is 74.6 Å². The highest BCUT2D eigenvalue weighted by Crippen LogP contribution is 2.38. The molecule has 0 rings (SSSR count). The Morgan fingerprint density at radius 3 is 1.56 bits per heavy atom. The van der Waals surface area contributed by atoms with E-state index < -0.39 is 32.5 Å². The van der Waals surface area contributed by atoms with E-state index in [1.165, 1.54) is 51.4 Å². The van der Waals surface area contributed by atoms with Crippen LogP contribution in [0, 0.1) is 0 Å². The molecule has 2 unspecified atom stereocenters. The molecule has 0 saturated heterocycles. The van der Waals surface area contributed by atoms with Gasteiger partial charge < -0.3 is 27.9 Å². The van der Waals surface area contributed by atoms with Gasteiger partial charge in [0.1, 0.15) is 19.8 Å². The smallest absolute Gasteiger partial charge is 0.306 e. The first-order valence-electron chi connectivity index (χ1n) is 21.5. The molecule has 0 radical (unpaired) electrons. The minimum atomic E-state index is -4.63. The van der Waals surface area contributed by atoms with Crippen LogP contribution in [0.4, 0.5) is 0 Å². The fraction of sp³-hybridized carbons (Fsp3) is 0.733. The SMILES string of the molecule is CC/C=C\C/C=C\C/C=C\CCCCCC(=O)OC(COC(=O)CCCCCCCCC/C=C\C/C=C\CCCCCC)COP(=O)([O-])OCC[N+](C)(C)C. The number of carbonyl (C=O) groups excluding carboxylic acids is 2. The van der Waals surface area contributed by atoms with Gasteiger partial charge in [0, 0.05) is 12.8 Å². The van der Waals surface area contributed by atoms with Gasteiger partial charge in [-0.2, -0.15) is 0 Å². The van der Waals surface area contributed by atoms with E-state index in [1.807, 2.05) is 21.1 Å². The average molecular weight is 794 g/mol. The van der Waals surface area contributed by atoms with E-state index in [9.17, 15) is 19.0 Å². The third-order valence-corrected chi connectivity index (χ3v) is 9.74. The quantitative estimate of drug-likeness (QED) is 0.0200. The molecule has 0 aromatic rings. The monoisotopic (exact) mass is 794 g/mol.